The predicted molar refractivity (Wildman–Crippen MR) is 113 cm³/mol. The fourth-order valence-corrected chi connectivity index (χ4v) is 5.78. The van der Waals surface area contributed by atoms with Gasteiger partial charge >= 0.3 is 0 Å². The van der Waals surface area contributed by atoms with Gasteiger partial charge in [-0.2, -0.15) is 0 Å². The van der Waals surface area contributed by atoms with Crippen LogP contribution in [0.25, 0.3) is 0 Å². The largest absolute Gasteiger partial charge is 0.296 e. The van der Waals surface area contributed by atoms with E-state index in [0.717, 1.165) is 11.3 Å². The molecular formula is C17H22Cl2N4O3S2. The topological polar surface area (TPSA) is 101 Å². The van der Waals surface area contributed by atoms with Crippen LogP contribution in [0.5, 0.6) is 0 Å². The van der Waals surface area contributed by atoms with E-state index in [2.05, 4.69) is 20.2 Å². The Morgan fingerprint density at radius 2 is 1.79 bits per heavy atom. The number of sulfonamides is 1. The van der Waals surface area contributed by atoms with E-state index in [1.807, 2.05) is 34.6 Å². The van der Waals surface area contributed by atoms with Gasteiger partial charge in [-0.3, -0.25) is 10.1 Å². The average molecular weight is 465 g/mol. The van der Waals surface area contributed by atoms with Gasteiger partial charge in [-0.1, -0.05) is 55.3 Å². The number of hydrogen-bond donors (Lipinski definition) is 2. The highest BCUT2D eigenvalue weighted by Gasteiger charge is 2.32. The van der Waals surface area contributed by atoms with E-state index in [9.17, 15) is 13.2 Å². The van der Waals surface area contributed by atoms with Crippen LogP contribution in [0, 0.1) is 5.41 Å². The van der Waals surface area contributed by atoms with Crippen molar-refractivity contribution in [1.82, 2.24) is 14.9 Å². The van der Waals surface area contributed by atoms with Gasteiger partial charge in [0.25, 0.3) is 15.9 Å². The maximum Gasteiger partial charge on any atom is 0.270 e. The highest BCUT2D eigenvalue weighted by Crippen LogP contribution is 2.29. The lowest BCUT2D eigenvalue weighted by atomic mass is 9.82. The Labute approximate surface area is 178 Å². The molecule has 154 valence electrons. The number of nitrogens with one attached hydrogen (secondary N) is 2. The predicted octanol–water partition coefficient (Wildman–Crippen LogP) is 4.59. The van der Waals surface area contributed by atoms with Crippen molar-refractivity contribution in [2.75, 3.05) is 5.32 Å². The zero-order valence-electron chi connectivity index (χ0n) is 16.1. The van der Waals surface area contributed by atoms with Crippen LogP contribution >= 0.6 is 34.5 Å². The summed E-state index contributed by atoms with van der Waals surface area (Å²) in [5, 5.41) is 10.6. The summed E-state index contributed by atoms with van der Waals surface area (Å²) in [5.41, 5.74) is -0.553. The lowest BCUT2D eigenvalue weighted by Gasteiger charge is -2.32. The minimum atomic E-state index is -3.88. The highest BCUT2D eigenvalue weighted by atomic mass is 35.5. The van der Waals surface area contributed by atoms with Gasteiger partial charge < -0.3 is 0 Å². The number of aromatic nitrogens is 2. The Kier molecular flexibility index (Phi) is 6.77. The van der Waals surface area contributed by atoms with E-state index in [0.29, 0.717) is 11.4 Å². The third-order valence-corrected chi connectivity index (χ3v) is 6.87. The first kappa shape index (κ1) is 23.0. The van der Waals surface area contributed by atoms with Crippen LogP contribution in [0.2, 0.25) is 10.0 Å². The number of amides is 1. The number of anilines is 1. The van der Waals surface area contributed by atoms with E-state index in [-0.39, 0.29) is 25.5 Å². The molecule has 0 spiro atoms. The second-order valence-corrected chi connectivity index (χ2v) is 11.9. The molecule has 2 aromatic rings. The minimum Gasteiger partial charge on any atom is -0.296 e. The monoisotopic (exact) mass is 464 g/mol. The van der Waals surface area contributed by atoms with E-state index in [1.54, 1.807) is 0 Å². The van der Waals surface area contributed by atoms with Crippen LogP contribution < -0.4 is 10.0 Å². The van der Waals surface area contributed by atoms with E-state index >= 15 is 0 Å². The minimum absolute atomic E-state index is 0.0463. The number of nitrogens with zero attached hydrogens (tertiary/aromatic N) is 2. The van der Waals surface area contributed by atoms with E-state index in [1.165, 1.54) is 18.2 Å². The van der Waals surface area contributed by atoms with Crippen LogP contribution in [-0.4, -0.2) is 30.1 Å². The molecule has 0 atom stereocenters. The number of rotatable bonds is 6. The third kappa shape index (κ3) is 6.38. The molecule has 2 N–H and O–H groups in total. The zero-order chi connectivity index (χ0) is 21.3. The first-order chi connectivity index (χ1) is 12.7. The maximum atomic E-state index is 12.6. The second kappa shape index (κ2) is 8.23. The second-order valence-electron chi connectivity index (χ2n) is 8.18. The molecule has 0 bridgehead atoms. The van der Waals surface area contributed by atoms with Gasteiger partial charge in [-0.15, -0.1) is 10.2 Å². The molecule has 1 amide bonds. The Bertz CT molecular complexity index is 983. The van der Waals surface area contributed by atoms with Gasteiger partial charge in [0.15, 0.2) is 0 Å². The summed E-state index contributed by atoms with van der Waals surface area (Å²) in [5.74, 6) is -0.539. The lowest BCUT2D eigenvalue weighted by Crippen LogP contribution is -2.45. The molecule has 7 nitrogen and oxygen atoms in total. The Morgan fingerprint density at radius 3 is 2.36 bits per heavy atom. The Hall–Kier alpha value is -1.26. The molecule has 0 saturated carbocycles. The van der Waals surface area contributed by atoms with Crippen LogP contribution in [0.3, 0.4) is 0 Å². The summed E-state index contributed by atoms with van der Waals surface area (Å²) in [7, 11) is -3.88. The molecule has 0 aliphatic rings. The molecular weight excluding hydrogens is 443 g/mol. The normalized spacial score (nSPS) is 12.8. The summed E-state index contributed by atoms with van der Waals surface area (Å²) in [6, 6.07) is 4.43. The number of benzene rings is 1. The average Bonchev–Trinajstić information content (AvgIpc) is 2.92. The molecule has 1 aromatic heterocycles. The lowest BCUT2D eigenvalue weighted by molar-refractivity contribution is 0.102. The molecule has 1 aromatic carbocycles. The van der Waals surface area contributed by atoms with Crippen LogP contribution in [0.15, 0.2) is 22.5 Å². The summed E-state index contributed by atoms with van der Waals surface area (Å²) in [6.45, 7) is 9.71. The van der Waals surface area contributed by atoms with Gasteiger partial charge in [-0.05, 0) is 43.9 Å². The number of halogens is 2. The van der Waals surface area contributed by atoms with E-state index < -0.39 is 21.5 Å². The van der Waals surface area contributed by atoms with Crippen molar-refractivity contribution in [2.45, 2.75) is 50.9 Å². The quantitative estimate of drug-likeness (QED) is 0.608. The van der Waals surface area contributed by atoms with Crippen LogP contribution in [0.4, 0.5) is 5.13 Å². The zero-order valence-corrected chi connectivity index (χ0v) is 19.3. The molecule has 28 heavy (non-hydrogen) atoms. The maximum absolute atomic E-state index is 12.6. The highest BCUT2D eigenvalue weighted by molar-refractivity contribution is 7.91. The summed E-state index contributed by atoms with van der Waals surface area (Å²) in [4.78, 5) is 12.3. The molecule has 0 aliphatic heterocycles. The summed E-state index contributed by atoms with van der Waals surface area (Å²) >= 11 is 12.6. The van der Waals surface area contributed by atoms with Crippen molar-refractivity contribution >= 4 is 55.6 Å². The third-order valence-electron chi connectivity index (χ3n) is 3.42. The number of carbonyl (C=O) groups is 1. The molecule has 0 fully saturated rings. The van der Waals surface area contributed by atoms with Crippen molar-refractivity contribution in [2.24, 2.45) is 5.41 Å². The SMILES string of the molecule is CC(C)(C)CC(C)(C)NS(=O)(=O)c1nnc(NC(=O)c2ccc(Cl)cc2Cl)s1. The molecule has 11 heteroatoms. The van der Waals surface area contributed by atoms with Gasteiger partial charge in [0.2, 0.25) is 9.47 Å². The van der Waals surface area contributed by atoms with Gasteiger partial charge in [-0.25, -0.2) is 13.1 Å². The standard InChI is InChI=1S/C17H22Cl2N4O3S2/c1-16(2,3)9-17(4,5)23-28(25,26)15-22-21-14(27-15)20-13(24)11-7-6-10(18)8-12(11)19/h6-8,23H,9H2,1-5H3,(H,20,21,24). The first-order valence-corrected chi connectivity index (χ1v) is 11.4. The van der Waals surface area contributed by atoms with Gasteiger partial charge in [0, 0.05) is 10.6 Å². The Morgan fingerprint density at radius 1 is 1.14 bits per heavy atom. The molecule has 2 rings (SSSR count). The molecule has 0 aliphatic carbocycles. The van der Waals surface area contributed by atoms with Crippen molar-refractivity contribution in [3.63, 3.8) is 0 Å². The number of hydrogen-bond acceptors (Lipinski definition) is 6. The molecule has 1 heterocycles. The van der Waals surface area contributed by atoms with Crippen LogP contribution in [-0.2, 0) is 10.0 Å². The molecule has 0 unspecified atom stereocenters. The Balaban J connectivity index is 2.15. The fraction of sp³-hybridized carbons (Fsp3) is 0.471. The van der Waals surface area contributed by atoms with Crippen molar-refractivity contribution in [3.8, 4) is 0 Å². The van der Waals surface area contributed by atoms with E-state index in [4.69, 9.17) is 23.2 Å². The molecule has 0 saturated heterocycles. The van der Waals surface area contributed by atoms with Crippen LogP contribution in [0.1, 0.15) is 51.4 Å². The summed E-state index contributed by atoms with van der Waals surface area (Å²) in [6.07, 6.45) is 0.622. The van der Waals surface area contributed by atoms with Gasteiger partial charge in [0.1, 0.15) is 0 Å². The molecule has 0 radical (unpaired) electrons. The fourth-order valence-electron chi connectivity index (χ4n) is 2.98. The smallest absolute Gasteiger partial charge is 0.270 e. The van der Waals surface area contributed by atoms with Crippen molar-refractivity contribution in [1.29, 1.82) is 0 Å². The van der Waals surface area contributed by atoms with Crippen molar-refractivity contribution < 1.29 is 13.2 Å². The van der Waals surface area contributed by atoms with Crippen molar-refractivity contribution in [3.05, 3.63) is 33.8 Å². The number of carbonyl (C=O) groups excluding carboxylic acids is 1. The first-order valence-electron chi connectivity index (χ1n) is 8.32. The summed E-state index contributed by atoms with van der Waals surface area (Å²) < 4.78 is 27.7. The van der Waals surface area contributed by atoms with Gasteiger partial charge in [0.05, 0.1) is 10.6 Å².